The summed E-state index contributed by atoms with van der Waals surface area (Å²) in [7, 11) is 0. The van der Waals surface area contributed by atoms with Gasteiger partial charge in [-0.15, -0.1) is 0 Å². The molecule has 2 heterocycles. The van der Waals surface area contributed by atoms with Crippen LogP contribution in [0.4, 0.5) is 5.82 Å². The molecule has 22 heavy (non-hydrogen) atoms. The molecule has 7 heteroatoms. The van der Waals surface area contributed by atoms with E-state index in [9.17, 15) is 9.59 Å². The summed E-state index contributed by atoms with van der Waals surface area (Å²) in [6.07, 6.45) is 4.55. The van der Waals surface area contributed by atoms with Gasteiger partial charge >= 0.3 is 0 Å². The molecule has 0 spiro atoms. The molecular formula is C15H19BrN4O2. The van der Waals surface area contributed by atoms with Crippen LogP contribution in [0, 0.1) is 5.92 Å². The molecule has 0 bridgehead atoms. The quantitative estimate of drug-likeness (QED) is 0.848. The number of aromatic nitrogens is 1. The summed E-state index contributed by atoms with van der Waals surface area (Å²) in [5, 5.41) is 2.83. The summed E-state index contributed by atoms with van der Waals surface area (Å²) >= 11 is 3.31. The molecule has 3 N–H and O–H groups in total. The highest BCUT2D eigenvalue weighted by molar-refractivity contribution is 9.10. The molecule has 2 fully saturated rings. The van der Waals surface area contributed by atoms with Gasteiger partial charge in [0.05, 0.1) is 5.54 Å². The molecular weight excluding hydrogens is 348 g/mol. The molecule has 1 aliphatic heterocycles. The number of hydrogen-bond donors (Lipinski definition) is 2. The van der Waals surface area contributed by atoms with Crippen LogP contribution in [0.25, 0.3) is 0 Å². The van der Waals surface area contributed by atoms with Crippen LogP contribution in [-0.2, 0) is 9.59 Å². The van der Waals surface area contributed by atoms with Gasteiger partial charge in [0.15, 0.2) is 0 Å². The standard InChI is InChI=1S/C15H19BrN4O2/c16-11-1-2-12(18-9-11)19-13(21)10-3-7-20(8-4-10)14(22)15(17)5-6-15/h1-2,9-10H,3-8,17H2,(H,18,19,21). The van der Waals surface area contributed by atoms with Crippen LogP contribution in [0.3, 0.4) is 0 Å². The normalized spacial score (nSPS) is 20.5. The molecule has 3 rings (SSSR count). The lowest BCUT2D eigenvalue weighted by atomic mass is 9.95. The van der Waals surface area contributed by atoms with Crippen molar-refractivity contribution in [3.05, 3.63) is 22.8 Å². The molecule has 0 atom stereocenters. The largest absolute Gasteiger partial charge is 0.341 e. The van der Waals surface area contributed by atoms with E-state index >= 15 is 0 Å². The van der Waals surface area contributed by atoms with Crippen molar-refractivity contribution in [3.8, 4) is 0 Å². The number of likely N-dealkylation sites (tertiary alicyclic amines) is 1. The van der Waals surface area contributed by atoms with E-state index in [1.165, 1.54) is 0 Å². The maximum Gasteiger partial charge on any atom is 0.242 e. The van der Waals surface area contributed by atoms with Crippen LogP contribution in [0.2, 0.25) is 0 Å². The lowest BCUT2D eigenvalue weighted by Gasteiger charge is -2.33. The molecule has 1 aromatic heterocycles. The molecule has 0 aromatic carbocycles. The summed E-state index contributed by atoms with van der Waals surface area (Å²) < 4.78 is 0.869. The van der Waals surface area contributed by atoms with Crippen molar-refractivity contribution in [3.63, 3.8) is 0 Å². The van der Waals surface area contributed by atoms with Crippen molar-refractivity contribution in [2.45, 2.75) is 31.2 Å². The van der Waals surface area contributed by atoms with E-state index in [0.29, 0.717) is 31.7 Å². The Morgan fingerprint density at radius 2 is 2.00 bits per heavy atom. The van der Waals surface area contributed by atoms with Crippen LogP contribution < -0.4 is 11.1 Å². The second-order valence-electron chi connectivity index (χ2n) is 6.07. The van der Waals surface area contributed by atoms with Gasteiger partial charge in [0.25, 0.3) is 0 Å². The van der Waals surface area contributed by atoms with Gasteiger partial charge < -0.3 is 16.0 Å². The molecule has 1 saturated carbocycles. The van der Waals surface area contributed by atoms with E-state index in [1.54, 1.807) is 17.2 Å². The van der Waals surface area contributed by atoms with Crippen molar-refractivity contribution >= 4 is 33.6 Å². The fraction of sp³-hybridized carbons (Fsp3) is 0.533. The SMILES string of the molecule is NC1(C(=O)N2CCC(C(=O)Nc3ccc(Br)cn3)CC2)CC1. The van der Waals surface area contributed by atoms with E-state index in [4.69, 9.17) is 5.73 Å². The summed E-state index contributed by atoms with van der Waals surface area (Å²) in [6, 6.07) is 3.59. The second kappa shape index (κ2) is 5.96. The van der Waals surface area contributed by atoms with E-state index < -0.39 is 5.54 Å². The number of carbonyl (C=O) groups is 2. The summed E-state index contributed by atoms with van der Waals surface area (Å²) in [6.45, 7) is 1.20. The average molecular weight is 367 g/mol. The van der Waals surface area contributed by atoms with Crippen LogP contribution in [0.15, 0.2) is 22.8 Å². The number of nitrogens with one attached hydrogen (secondary N) is 1. The zero-order chi connectivity index (χ0) is 15.7. The molecule has 0 unspecified atom stereocenters. The maximum absolute atomic E-state index is 12.2. The number of anilines is 1. The third-order valence-electron chi connectivity index (χ3n) is 4.35. The molecule has 118 valence electrons. The van der Waals surface area contributed by atoms with Gasteiger partial charge in [-0.05, 0) is 53.7 Å². The first kappa shape index (κ1) is 15.4. The minimum atomic E-state index is -0.615. The van der Waals surface area contributed by atoms with Crippen molar-refractivity contribution in [1.82, 2.24) is 9.88 Å². The highest BCUT2D eigenvalue weighted by Gasteiger charge is 2.48. The summed E-state index contributed by atoms with van der Waals surface area (Å²) in [4.78, 5) is 30.4. The van der Waals surface area contributed by atoms with E-state index in [2.05, 4.69) is 26.2 Å². The number of rotatable bonds is 3. The number of hydrogen-bond acceptors (Lipinski definition) is 4. The van der Waals surface area contributed by atoms with Crippen LogP contribution >= 0.6 is 15.9 Å². The molecule has 1 aliphatic carbocycles. The molecule has 6 nitrogen and oxygen atoms in total. The fourth-order valence-electron chi connectivity index (χ4n) is 2.69. The Bertz CT molecular complexity index is 578. The Hall–Kier alpha value is -1.47. The zero-order valence-corrected chi connectivity index (χ0v) is 13.8. The highest BCUT2D eigenvalue weighted by atomic mass is 79.9. The Morgan fingerprint density at radius 1 is 1.32 bits per heavy atom. The van der Waals surface area contributed by atoms with Crippen LogP contribution in [0.1, 0.15) is 25.7 Å². The van der Waals surface area contributed by atoms with Gasteiger partial charge in [-0.3, -0.25) is 9.59 Å². The topological polar surface area (TPSA) is 88.3 Å². The first-order valence-corrected chi connectivity index (χ1v) is 8.28. The van der Waals surface area contributed by atoms with E-state index in [-0.39, 0.29) is 17.7 Å². The Labute approximate surface area is 137 Å². The van der Waals surface area contributed by atoms with Gasteiger partial charge in [-0.1, -0.05) is 0 Å². The van der Waals surface area contributed by atoms with Gasteiger partial charge in [0.1, 0.15) is 5.82 Å². The van der Waals surface area contributed by atoms with Crippen molar-refractivity contribution in [1.29, 1.82) is 0 Å². The summed E-state index contributed by atoms with van der Waals surface area (Å²) in [5.74, 6) is 0.477. The number of nitrogens with two attached hydrogens (primary N) is 1. The van der Waals surface area contributed by atoms with Gasteiger partial charge in [-0.25, -0.2) is 4.98 Å². The molecule has 1 aromatic rings. The Balaban J connectivity index is 1.51. The first-order chi connectivity index (χ1) is 10.5. The summed E-state index contributed by atoms with van der Waals surface area (Å²) in [5.41, 5.74) is 5.33. The van der Waals surface area contributed by atoms with Gasteiger partial charge in [0.2, 0.25) is 11.8 Å². The first-order valence-electron chi connectivity index (χ1n) is 7.49. The molecule has 1 saturated heterocycles. The molecule has 2 amide bonds. The zero-order valence-electron chi connectivity index (χ0n) is 12.2. The smallest absolute Gasteiger partial charge is 0.242 e. The van der Waals surface area contributed by atoms with Crippen LogP contribution in [-0.4, -0.2) is 40.3 Å². The minimum absolute atomic E-state index is 0.0317. The molecule has 0 radical (unpaired) electrons. The lowest BCUT2D eigenvalue weighted by molar-refractivity contribution is -0.136. The van der Waals surface area contributed by atoms with Crippen LogP contribution in [0.5, 0.6) is 0 Å². The minimum Gasteiger partial charge on any atom is -0.341 e. The third kappa shape index (κ3) is 3.30. The molecule has 2 aliphatic rings. The Kier molecular flexibility index (Phi) is 4.18. The lowest BCUT2D eigenvalue weighted by Crippen LogP contribution is -2.49. The van der Waals surface area contributed by atoms with Crippen molar-refractivity contribution in [2.75, 3.05) is 18.4 Å². The van der Waals surface area contributed by atoms with E-state index in [0.717, 1.165) is 17.3 Å². The third-order valence-corrected chi connectivity index (χ3v) is 4.82. The second-order valence-corrected chi connectivity index (χ2v) is 6.99. The van der Waals surface area contributed by atoms with E-state index in [1.807, 2.05) is 6.07 Å². The number of carbonyl (C=O) groups excluding carboxylic acids is 2. The number of pyridine rings is 1. The fourth-order valence-corrected chi connectivity index (χ4v) is 2.92. The van der Waals surface area contributed by atoms with Crippen molar-refractivity contribution < 1.29 is 9.59 Å². The number of piperidine rings is 1. The number of amides is 2. The number of nitrogens with zero attached hydrogens (tertiary/aromatic N) is 2. The highest BCUT2D eigenvalue weighted by Crippen LogP contribution is 2.35. The van der Waals surface area contributed by atoms with Gasteiger partial charge in [-0.2, -0.15) is 0 Å². The predicted octanol–water partition coefficient (Wildman–Crippen LogP) is 1.51. The predicted molar refractivity (Wildman–Crippen MR) is 86.0 cm³/mol. The average Bonchev–Trinajstić information content (AvgIpc) is 3.28. The van der Waals surface area contributed by atoms with Crippen molar-refractivity contribution in [2.24, 2.45) is 11.7 Å². The monoisotopic (exact) mass is 366 g/mol. The Morgan fingerprint density at radius 3 is 2.55 bits per heavy atom. The maximum atomic E-state index is 12.2. The number of halogens is 1. The van der Waals surface area contributed by atoms with Gasteiger partial charge in [0, 0.05) is 29.7 Å².